The number of amides is 1. The minimum atomic E-state index is -0.269. The van der Waals surface area contributed by atoms with Gasteiger partial charge in [0.1, 0.15) is 5.82 Å². The molecule has 0 aliphatic heterocycles. The normalized spacial score (nSPS) is 10.9. The molecule has 1 amide bonds. The highest BCUT2D eigenvalue weighted by Crippen LogP contribution is 2.34. The molecule has 0 aliphatic rings. The Labute approximate surface area is 214 Å². The number of para-hydroxylation sites is 1. The second-order valence-corrected chi connectivity index (χ2v) is 9.99. The summed E-state index contributed by atoms with van der Waals surface area (Å²) in [6.45, 7) is 0. The van der Waals surface area contributed by atoms with E-state index >= 15 is 0 Å². The molecule has 0 aliphatic carbocycles. The Morgan fingerprint density at radius 2 is 1.52 bits per heavy atom. The molecule has 4 rings (SSSR count). The van der Waals surface area contributed by atoms with Crippen LogP contribution in [0, 0.1) is 0 Å². The number of thioether (sulfide) groups is 2. The summed E-state index contributed by atoms with van der Waals surface area (Å²) >= 11 is 21.2. The maximum absolute atomic E-state index is 12.6. The van der Waals surface area contributed by atoms with Crippen LogP contribution in [-0.2, 0) is 10.5 Å². The fraction of sp³-hybridized carbons (Fsp3) is 0.0870. The Morgan fingerprint density at radius 3 is 2.18 bits per heavy atom. The van der Waals surface area contributed by atoms with Crippen LogP contribution in [-0.4, -0.2) is 26.4 Å². The van der Waals surface area contributed by atoms with Gasteiger partial charge >= 0.3 is 0 Å². The van der Waals surface area contributed by atoms with E-state index in [0.717, 1.165) is 16.4 Å². The second-order valence-electron chi connectivity index (χ2n) is 6.75. The third-order valence-corrected chi connectivity index (χ3v) is 7.18. The highest BCUT2D eigenvalue weighted by atomic mass is 35.5. The standard InChI is InChI=1S/C23H17Cl3N4OS2/c24-15-11-18(25)22(19(26)12-15)27-21(31)14-33-23-29-28-20(13-32-17-9-5-2-6-10-17)30(23)16-7-3-1-4-8-16/h1-12H,13-14H2,(H,27,31). The molecule has 1 N–H and O–H groups in total. The molecule has 5 nitrogen and oxygen atoms in total. The van der Waals surface area contributed by atoms with Gasteiger partial charge in [-0.15, -0.1) is 22.0 Å². The number of nitrogens with one attached hydrogen (secondary N) is 1. The van der Waals surface area contributed by atoms with Crippen LogP contribution in [0.15, 0.2) is 82.8 Å². The van der Waals surface area contributed by atoms with Gasteiger partial charge in [0.15, 0.2) is 5.16 Å². The van der Waals surface area contributed by atoms with Gasteiger partial charge in [0.05, 0.1) is 27.2 Å². The first kappa shape index (κ1) is 24.0. The summed E-state index contributed by atoms with van der Waals surface area (Å²) < 4.78 is 1.97. The molecule has 3 aromatic carbocycles. The second kappa shape index (κ2) is 11.3. The zero-order valence-corrected chi connectivity index (χ0v) is 20.9. The van der Waals surface area contributed by atoms with E-state index in [1.54, 1.807) is 11.8 Å². The largest absolute Gasteiger partial charge is 0.323 e. The average molecular weight is 536 g/mol. The van der Waals surface area contributed by atoms with Gasteiger partial charge in [-0.1, -0.05) is 83.0 Å². The summed E-state index contributed by atoms with van der Waals surface area (Å²) in [5.41, 5.74) is 1.26. The highest BCUT2D eigenvalue weighted by Gasteiger charge is 2.17. The first-order valence-electron chi connectivity index (χ1n) is 9.76. The molecule has 0 atom stereocenters. The van der Waals surface area contributed by atoms with Crippen LogP contribution in [0.5, 0.6) is 0 Å². The fourth-order valence-electron chi connectivity index (χ4n) is 2.96. The summed E-state index contributed by atoms with van der Waals surface area (Å²) in [6, 6.07) is 23.0. The number of carbonyl (C=O) groups excluding carboxylic acids is 1. The van der Waals surface area contributed by atoms with E-state index in [9.17, 15) is 4.79 Å². The van der Waals surface area contributed by atoms with E-state index in [1.807, 2.05) is 53.1 Å². The topological polar surface area (TPSA) is 59.8 Å². The minimum absolute atomic E-state index is 0.103. The van der Waals surface area contributed by atoms with Crippen LogP contribution in [0.25, 0.3) is 5.69 Å². The first-order chi connectivity index (χ1) is 16.0. The van der Waals surface area contributed by atoms with Crippen molar-refractivity contribution < 1.29 is 4.79 Å². The summed E-state index contributed by atoms with van der Waals surface area (Å²) in [5, 5.41) is 13.0. The average Bonchev–Trinajstić information content (AvgIpc) is 3.23. The molecule has 4 aromatic rings. The lowest BCUT2D eigenvalue weighted by Gasteiger charge is -2.11. The molecule has 0 bridgehead atoms. The number of hydrogen-bond donors (Lipinski definition) is 1. The monoisotopic (exact) mass is 534 g/mol. The smallest absolute Gasteiger partial charge is 0.234 e. The quantitative estimate of drug-likeness (QED) is 0.241. The molecule has 0 spiro atoms. The van der Waals surface area contributed by atoms with Gasteiger partial charge in [0.25, 0.3) is 0 Å². The molecule has 0 unspecified atom stereocenters. The van der Waals surface area contributed by atoms with Crippen LogP contribution in [0.4, 0.5) is 5.69 Å². The molecule has 168 valence electrons. The summed E-state index contributed by atoms with van der Waals surface area (Å²) in [4.78, 5) is 13.7. The maximum atomic E-state index is 12.6. The fourth-order valence-corrected chi connectivity index (χ4v) is 5.47. The zero-order chi connectivity index (χ0) is 23.2. The number of benzene rings is 3. The summed E-state index contributed by atoms with van der Waals surface area (Å²) in [7, 11) is 0. The molecule has 0 saturated carbocycles. The number of anilines is 1. The van der Waals surface area contributed by atoms with Crippen molar-refractivity contribution in [2.24, 2.45) is 0 Å². The van der Waals surface area contributed by atoms with Crippen LogP contribution in [0.2, 0.25) is 15.1 Å². The summed E-state index contributed by atoms with van der Waals surface area (Å²) in [5.74, 6) is 1.26. The van der Waals surface area contributed by atoms with Crippen LogP contribution >= 0.6 is 58.3 Å². The SMILES string of the molecule is O=C(CSc1nnc(CSc2ccccc2)n1-c1ccccc1)Nc1c(Cl)cc(Cl)cc1Cl. The van der Waals surface area contributed by atoms with Gasteiger partial charge < -0.3 is 5.32 Å². The number of hydrogen-bond acceptors (Lipinski definition) is 5. The first-order valence-corrected chi connectivity index (χ1v) is 12.9. The predicted molar refractivity (Wildman–Crippen MR) is 138 cm³/mol. The molecular weight excluding hydrogens is 519 g/mol. The molecular formula is C23H17Cl3N4OS2. The number of rotatable bonds is 8. The molecule has 1 aromatic heterocycles. The highest BCUT2D eigenvalue weighted by molar-refractivity contribution is 7.99. The molecule has 0 fully saturated rings. The van der Waals surface area contributed by atoms with Crippen LogP contribution in [0.3, 0.4) is 0 Å². The van der Waals surface area contributed by atoms with Crippen molar-refractivity contribution in [3.05, 3.63) is 93.7 Å². The lowest BCUT2D eigenvalue weighted by atomic mass is 10.3. The molecule has 1 heterocycles. The van der Waals surface area contributed by atoms with Gasteiger partial charge in [0.2, 0.25) is 5.91 Å². The minimum Gasteiger partial charge on any atom is -0.323 e. The van der Waals surface area contributed by atoms with Gasteiger partial charge in [-0.25, -0.2) is 0 Å². The lowest BCUT2D eigenvalue weighted by molar-refractivity contribution is -0.113. The van der Waals surface area contributed by atoms with Gasteiger partial charge in [-0.2, -0.15) is 0 Å². The Morgan fingerprint density at radius 1 is 0.879 bits per heavy atom. The van der Waals surface area contributed by atoms with Gasteiger partial charge in [-0.3, -0.25) is 9.36 Å². The van der Waals surface area contributed by atoms with Crippen LogP contribution in [0.1, 0.15) is 5.82 Å². The maximum Gasteiger partial charge on any atom is 0.234 e. The molecule has 33 heavy (non-hydrogen) atoms. The van der Waals surface area contributed by atoms with Crippen molar-refractivity contribution in [1.82, 2.24) is 14.8 Å². The molecule has 0 saturated heterocycles. The predicted octanol–water partition coefficient (Wildman–Crippen LogP) is 7.25. The van der Waals surface area contributed by atoms with E-state index in [2.05, 4.69) is 27.6 Å². The molecule has 0 radical (unpaired) electrons. The van der Waals surface area contributed by atoms with Crippen molar-refractivity contribution in [2.75, 3.05) is 11.1 Å². The Kier molecular flexibility index (Phi) is 8.22. The number of halogens is 3. The third kappa shape index (κ3) is 6.25. The Hall–Kier alpha value is -2.16. The van der Waals surface area contributed by atoms with Crippen molar-refractivity contribution in [3.63, 3.8) is 0 Å². The summed E-state index contributed by atoms with van der Waals surface area (Å²) in [6.07, 6.45) is 0. The lowest BCUT2D eigenvalue weighted by Crippen LogP contribution is -2.15. The Balaban J connectivity index is 1.50. The van der Waals surface area contributed by atoms with E-state index < -0.39 is 0 Å². The van der Waals surface area contributed by atoms with E-state index in [4.69, 9.17) is 34.8 Å². The van der Waals surface area contributed by atoms with Crippen molar-refractivity contribution in [1.29, 1.82) is 0 Å². The van der Waals surface area contributed by atoms with Crippen LogP contribution < -0.4 is 5.32 Å². The number of carbonyl (C=O) groups is 1. The van der Waals surface area contributed by atoms with Gasteiger partial charge in [0, 0.05) is 15.6 Å². The number of aromatic nitrogens is 3. The van der Waals surface area contributed by atoms with E-state index in [1.165, 1.54) is 23.9 Å². The third-order valence-electron chi connectivity index (χ3n) is 4.43. The van der Waals surface area contributed by atoms with Crippen molar-refractivity contribution in [3.8, 4) is 5.69 Å². The number of nitrogens with zero attached hydrogens (tertiary/aromatic N) is 3. The zero-order valence-electron chi connectivity index (χ0n) is 17.0. The van der Waals surface area contributed by atoms with E-state index in [0.29, 0.717) is 21.6 Å². The van der Waals surface area contributed by atoms with E-state index in [-0.39, 0.29) is 21.7 Å². The van der Waals surface area contributed by atoms with Crippen molar-refractivity contribution in [2.45, 2.75) is 15.8 Å². The van der Waals surface area contributed by atoms with Gasteiger partial charge in [-0.05, 0) is 36.4 Å². The van der Waals surface area contributed by atoms with Crippen molar-refractivity contribution >= 4 is 69.9 Å². The Bertz CT molecular complexity index is 1230. The molecule has 10 heteroatoms.